The number of fused-ring (bicyclic) bond motifs is 4. The Morgan fingerprint density at radius 3 is 2.61 bits per heavy atom. The molecule has 6 nitrogen and oxygen atoms in total. The van der Waals surface area contributed by atoms with Crippen molar-refractivity contribution in [2.75, 3.05) is 13.1 Å². The zero-order chi connectivity index (χ0) is 21.5. The first-order valence-electron chi connectivity index (χ1n) is 11.4. The van der Waals surface area contributed by atoms with E-state index in [1.807, 2.05) is 30.0 Å². The molecular formula is C25H29N3O3. The maximum absolute atomic E-state index is 13.3. The van der Waals surface area contributed by atoms with Crippen molar-refractivity contribution in [2.45, 2.75) is 51.1 Å². The molecule has 0 spiro atoms. The summed E-state index contributed by atoms with van der Waals surface area (Å²) in [4.78, 5) is 45.4. The van der Waals surface area contributed by atoms with Gasteiger partial charge in [-0.2, -0.15) is 0 Å². The number of H-pyrrole nitrogens is 1. The standard InChI is InChI=1S/C25H29N3O3/c1-16-10-11-20(24(30)26-16)25(31)27-14-18-13-19(15-27)22(12-17-6-3-2-4-7-17)28-21(18)8-5-9-23(28)29/h2-4,6-7,10-11,18-19,21-22H,5,8-9,12-15H2,1H3,(H,26,30)/t18-,19+,21+,22+/m1/s1. The maximum Gasteiger partial charge on any atom is 0.260 e. The zero-order valence-corrected chi connectivity index (χ0v) is 17.9. The molecule has 6 heteroatoms. The number of pyridine rings is 1. The largest absolute Gasteiger partial charge is 0.338 e. The van der Waals surface area contributed by atoms with E-state index in [2.05, 4.69) is 22.0 Å². The molecule has 1 aromatic heterocycles. The SMILES string of the molecule is Cc1ccc(C(=O)N2C[C@H]3C[C@@H](C2)[C@H](Cc2ccccc2)N2C(=O)CCC[C@@H]32)c(=O)[nH]1. The summed E-state index contributed by atoms with van der Waals surface area (Å²) in [6.45, 7) is 3.02. The fourth-order valence-corrected chi connectivity index (χ4v) is 5.97. The van der Waals surface area contributed by atoms with E-state index in [1.54, 1.807) is 12.1 Å². The second-order valence-corrected chi connectivity index (χ2v) is 9.37. The highest BCUT2D eigenvalue weighted by atomic mass is 16.2. The highest BCUT2D eigenvalue weighted by Crippen LogP contribution is 2.42. The molecule has 4 heterocycles. The van der Waals surface area contributed by atoms with E-state index in [4.69, 9.17) is 0 Å². The molecule has 162 valence electrons. The van der Waals surface area contributed by atoms with E-state index in [1.165, 1.54) is 5.56 Å². The molecule has 0 unspecified atom stereocenters. The summed E-state index contributed by atoms with van der Waals surface area (Å²) in [6, 6.07) is 14.0. The van der Waals surface area contributed by atoms with Crippen molar-refractivity contribution >= 4 is 11.8 Å². The Labute approximate surface area is 182 Å². The zero-order valence-electron chi connectivity index (χ0n) is 17.9. The lowest BCUT2D eigenvalue weighted by atomic mass is 9.70. The number of benzene rings is 1. The van der Waals surface area contributed by atoms with E-state index in [9.17, 15) is 14.4 Å². The topological polar surface area (TPSA) is 73.5 Å². The number of nitrogens with one attached hydrogen (secondary N) is 1. The minimum atomic E-state index is -0.323. The molecule has 0 saturated carbocycles. The van der Waals surface area contributed by atoms with Crippen molar-refractivity contribution in [3.8, 4) is 0 Å². The van der Waals surface area contributed by atoms with Gasteiger partial charge < -0.3 is 14.8 Å². The van der Waals surface area contributed by atoms with Crippen LogP contribution in [0.1, 0.15) is 47.3 Å². The number of amides is 2. The number of hydrogen-bond donors (Lipinski definition) is 1. The molecule has 3 saturated heterocycles. The number of hydrogen-bond acceptors (Lipinski definition) is 3. The summed E-state index contributed by atoms with van der Waals surface area (Å²) in [6.07, 6.45) is 4.41. The van der Waals surface area contributed by atoms with Crippen molar-refractivity contribution in [3.63, 3.8) is 0 Å². The Bertz CT molecular complexity index is 1050. The van der Waals surface area contributed by atoms with E-state index in [0.717, 1.165) is 31.4 Å². The second-order valence-electron chi connectivity index (χ2n) is 9.37. The number of carbonyl (C=O) groups is 2. The first-order valence-corrected chi connectivity index (χ1v) is 11.4. The van der Waals surface area contributed by atoms with E-state index >= 15 is 0 Å². The lowest BCUT2D eigenvalue weighted by Crippen LogP contribution is -2.66. The van der Waals surface area contributed by atoms with Crippen LogP contribution in [-0.2, 0) is 11.2 Å². The minimum absolute atomic E-state index is 0.100. The summed E-state index contributed by atoms with van der Waals surface area (Å²) in [7, 11) is 0. The van der Waals surface area contributed by atoms with Crippen molar-refractivity contribution in [3.05, 3.63) is 69.6 Å². The number of nitrogens with zero attached hydrogens (tertiary/aromatic N) is 2. The van der Waals surface area contributed by atoms with Gasteiger partial charge in [-0.3, -0.25) is 14.4 Å². The highest BCUT2D eigenvalue weighted by Gasteiger charge is 2.50. The quantitative estimate of drug-likeness (QED) is 0.831. The normalized spacial score (nSPS) is 27.7. The molecule has 0 radical (unpaired) electrons. The fraction of sp³-hybridized carbons (Fsp3) is 0.480. The number of piperidine rings is 3. The van der Waals surface area contributed by atoms with Crippen LogP contribution < -0.4 is 5.56 Å². The van der Waals surface area contributed by atoms with Gasteiger partial charge in [-0.25, -0.2) is 0 Å². The van der Waals surface area contributed by atoms with E-state index in [0.29, 0.717) is 19.5 Å². The number of aromatic amines is 1. The summed E-state index contributed by atoms with van der Waals surface area (Å²) >= 11 is 0. The molecule has 0 aliphatic carbocycles. The van der Waals surface area contributed by atoms with Crippen LogP contribution in [0.4, 0.5) is 0 Å². The Kier molecular flexibility index (Phi) is 5.16. The van der Waals surface area contributed by atoms with Crippen LogP contribution in [0, 0.1) is 18.8 Å². The second kappa shape index (κ2) is 7.98. The average molecular weight is 420 g/mol. The van der Waals surface area contributed by atoms with Gasteiger partial charge in [0.05, 0.1) is 0 Å². The monoisotopic (exact) mass is 419 g/mol. The van der Waals surface area contributed by atoms with Gasteiger partial charge in [-0.1, -0.05) is 30.3 Å². The van der Waals surface area contributed by atoms with Crippen LogP contribution in [-0.4, -0.2) is 51.8 Å². The molecule has 1 N–H and O–H groups in total. The maximum atomic E-state index is 13.3. The minimum Gasteiger partial charge on any atom is -0.338 e. The molecule has 31 heavy (non-hydrogen) atoms. The van der Waals surface area contributed by atoms with Gasteiger partial charge in [0.25, 0.3) is 11.5 Å². The number of aromatic nitrogens is 1. The van der Waals surface area contributed by atoms with Crippen molar-refractivity contribution < 1.29 is 9.59 Å². The average Bonchev–Trinajstić information content (AvgIpc) is 2.77. The Balaban J connectivity index is 1.45. The molecule has 2 bridgehead atoms. The van der Waals surface area contributed by atoms with Crippen molar-refractivity contribution in [1.29, 1.82) is 0 Å². The first-order chi connectivity index (χ1) is 15.0. The van der Waals surface area contributed by atoms with Gasteiger partial charge in [0.2, 0.25) is 5.91 Å². The first kappa shape index (κ1) is 20.0. The van der Waals surface area contributed by atoms with Gasteiger partial charge in [0.15, 0.2) is 0 Å². The van der Waals surface area contributed by atoms with Crippen molar-refractivity contribution in [2.24, 2.45) is 11.8 Å². The van der Waals surface area contributed by atoms with Gasteiger partial charge in [0, 0.05) is 37.3 Å². The summed E-state index contributed by atoms with van der Waals surface area (Å²) in [5.41, 5.74) is 1.86. The van der Waals surface area contributed by atoms with E-state index < -0.39 is 0 Å². The number of aryl methyl sites for hydroxylation is 1. The Morgan fingerprint density at radius 2 is 1.84 bits per heavy atom. The Morgan fingerprint density at radius 1 is 1.06 bits per heavy atom. The predicted molar refractivity (Wildman–Crippen MR) is 118 cm³/mol. The molecule has 1 aromatic carbocycles. The van der Waals surface area contributed by atoms with Crippen LogP contribution >= 0.6 is 0 Å². The molecule has 2 aromatic rings. The van der Waals surface area contributed by atoms with Gasteiger partial charge in [0.1, 0.15) is 5.56 Å². The molecular weight excluding hydrogens is 390 g/mol. The number of carbonyl (C=O) groups excluding carboxylic acids is 2. The van der Waals surface area contributed by atoms with Gasteiger partial charge in [-0.05, 0) is 62.1 Å². The van der Waals surface area contributed by atoms with Crippen LogP contribution in [0.2, 0.25) is 0 Å². The van der Waals surface area contributed by atoms with Gasteiger partial charge in [-0.15, -0.1) is 0 Å². The highest BCUT2D eigenvalue weighted by molar-refractivity contribution is 5.94. The molecule has 2 amide bonds. The number of rotatable bonds is 3. The van der Waals surface area contributed by atoms with Crippen molar-refractivity contribution in [1.82, 2.24) is 14.8 Å². The van der Waals surface area contributed by atoms with Crippen LogP contribution in [0.15, 0.2) is 47.3 Å². The Hall–Kier alpha value is -2.89. The third kappa shape index (κ3) is 3.68. The van der Waals surface area contributed by atoms with Crippen LogP contribution in [0.3, 0.4) is 0 Å². The molecule has 5 rings (SSSR count). The van der Waals surface area contributed by atoms with E-state index in [-0.39, 0.29) is 46.9 Å². The molecule has 4 atom stereocenters. The molecule has 3 fully saturated rings. The van der Waals surface area contributed by atoms with Crippen LogP contribution in [0.5, 0.6) is 0 Å². The van der Waals surface area contributed by atoms with Gasteiger partial charge >= 0.3 is 0 Å². The molecule has 3 aliphatic heterocycles. The third-order valence-electron chi connectivity index (χ3n) is 7.36. The summed E-state index contributed by atoms with van der Waals surface area (Å²) in [5.74, 6) is 0.584. The van der Waals surface area contributed by atoms with Crippen LogP contribution in [0.25, 0.3) is 0 Å². The summed E-state index contributed by atoms with van der Waals surface area (Å²) < 4.78 is 0. The third-order valence-corrected chi connectivity index (χ3v) is 7.36. The fourth-order valence-electron chi connectivity index (χ4n) is 5.97. The summed E-state index contributed by atoms with van der Waals surface area (Å²) in [5, 5.41) is 0. The lowest BCUT2D eigenvalue weighted by molar-refractivity contribution is -0.151. The number of likely N-dealkylation sites (tertiary alicyclic amines) is 1. The lowest BCUT2D eigenvalue weighted by Gasteiger charge is -2.56. The smallest absolute Gasteiger partial charge is 0.260 e. The molecule has 3 aliphatic rings. The predicted octanol–water partition coefficient (Wildman–Crippen LogP) is 2.77.